The van der Waals surface area contributed by atoms with Crippen LogP contribution in [0.3, 0.4) is 0 Å². The zero-order valence-electron chi connectivity index (χ0n) is 16.4. The molecule has 1 unspecified atom stereocenters. The SMILES string of the molecule is CCCOC(=O)C(CCC(=O)c1ccc(N)cc1)NC(=O)OCc1ccccc1. The van der Waals surface area contributed by atoms with Crippen LogP contribution in [0, 0.1) is 0 Å². The average molecular weight is 398 g/mol. The molecule has 154 valence electrons. The summed E-state index contributed by atoms with van der Waals surface area (Å²) in [4.78, 5) is 36.8. The van der Waals surface area contributed by atoms with E-state index >= 15 is 0 Å². The van der Waals surface area contributed by atoms with E-state index in [4.69, 9.17) is 15.2 Å². The van der Waals surface area contributed by atoms with Crippen molar-refractivity contribution in [3.05, 3.63) is 65.7 Å². The smallest absolute Gasteiger partial charge is 0.408 e. The summed E-state index contributed by atoms with van der Waals surface area (Å²) in [7, 11) is 0. The largest absolute Gasteiger partial charge is 0.464 e. The molecule has 29 heavy (non-hydrogen) atoms. The van der Waals surface area contributed by atoms with Gasteiger partial charge >= 0.3 is 12.1 Å². The Kier molecular flexibility index (Phi) is 8.69. The van der Waals surface area contributed by atoms with Crippen molar-refractivity contribution in [3.63, 3.8) is 0 Å². The predicted octanol–water partition coefficient (Wildman–Crippen LogP) is 3.48. The number of ether oxygens (including phenoxy) is 2. The van der Waals surface area contributed by atoms with Crippen LogP contribution in [0.15, 0.2) is 54.6 Å². The van der Waals surface area contributed by atoms with Gasteiger partial charge in [-0.3, -0.25) is 4.79 Å². The number of nitrogen functional groups attached to an aromatic ring is 1. The standard InChI is InChI=1S/C22H26N2O5/c1-2-14-28-21(26)19(12-13-20(25)17-8-10-18(23)11-9-17)24-22(27)29-15-16-6-4-3-5-7-16/h3-11,19H,2,12-15,23H2,1H3,(H,24,27). The number of alkyl carbamates (subject to hydrolysis) is 1. The molecule has 0 fully saturated rings. The Labute approximate surface area is 170 Å². The molecular weight excluding hydrogens is 372 g/mol. The van der Waals surface area contributed by atoms with E-state index in [1.54, 1.807) is 24.3 Å². The molecule has 1 atom stereocenters. The summed E-state index contributed by atoms with van der Waals surface area (Å²) in [5, 5.41) is 2.50. The lowest BCUT2D eigenvalue weighted by atomic mass is 10.0. The first kappa shape index (κ1) is 21.9. The number of nitrogens with one attached hydrogen (secondary N) is 1. The zero-order valence-corrected chi connectivity index (χ0v) is 16.4. The molecule has 2 aromatic carbocycles. The minimum atomic E-state index is -0.970. The first-order valence-electron chi connectivity index (χ1n) is 9.52. The van der Waals surface area contributed by atoms with Crippen LogP contribution in [-0.4, -0.2) is 30.5 Å². The number of nitrogens with two attached hydrogens (primary N) is 1. The van der Waals surface area contributed by atoms with E-state index in [0.717, 1.165) is 5.56 Å². The van der Waals surface area contributed by atoms with Gasteiger partial charge in [-0.2, -0.15) is 0 Å². The molecule has 0 spiro atoms. The topological polar surface area (TPSA) is 108 Å². The molecule has 0 radical (unpaired) electrons. The Morgan fingerprint density at radius 1 is 1.00 bits per heavy atom. The molecule has 1 amide bonds. The van der Waals surface area contributed by atoms with E-state index in [9.17, 15) is 14.4 Å². The summed E-state index contributed by atoms with van der Waals surface area (Å²) in [5.74, 6) is -0.744. The summed E-state index contributed by atoms with van der Waals surface area (Å²) >= 11 is 0. The second-order valence-electron chi connectivity index (χ2n) is 6.51. The first-order chi connectivity index (χ1) is 14.0. The summed E-state index contributed by atoms with van der Waals surface area (Å²) < 4.78 is 10.3. The lowest BCUT2D eigenvalue weighted by Gasteiger charge is -2.17. The van der Waals surface area contributed by atoms with Gasteiger partial charge in [0.05, 0.1) is 6.61 Å². The van der Waals surface area contributed by atoms with Crippen LogP contribution in [0.5, 0.6) is 0 Å². The maximum absolute atomic E-state index is 12.4. The molecule has 0 aromatic heterocycles. The molecule has 0 saturated heterocycles. The molecule has 0 aliphatic heterocycles. The first-order valence-corrected chi connectivity index (χ1v) is 9.52. The van der Waals surface area contributed by atoms with Crippen LogP contribution in [0.1, 0.15) is 42.1 Å². The molecular formula is C22H26N2O5. The highest BCUT2D eigenvalue weighted by Gasteiger charge is 2.24. The third-order valence-electron chi connectivity index (χ3n) is 4.13. The van der Waals surface area contributed by atoms with Crippen LogP contribution >= 0.6 is 0 Å². The van der Waals surface area contributed by atoms with Gasteiger partial charge in [0.15, 0.2) is 5.78 Å². The lowest BCUT2D eigenvalue weighted by molar-refractivity contribution is -0.146. The maximum Gasteiger partial charge on any atom is 0.408 e. The van der Waals surface area contributed by atoms with Gasteiger partial charge in [-0.15, -0.1) is 0 Å². The van der Waals surface area contributed by atoms with Crippen LogP contribution in [0.2, 0.25) is 0 Å². The molecule has 0 bridgehead atoms. The highest BCUT2D eigenvalue weighted by Crippen LogP contribution is 2.11. The number of amides is 1. The average Bonchev–Trinajstić information content (AvgIpc) is 2.74. The van der Waals surface area contributed by atoms with Crippen molar-refractivity contribution in [2.75, 3.05) is 12.3 Å². The molecule has 2 rings (SSSR count). The fraction of sp³-hybridized carbons (Fsp3) is 0.318. The number of Topliss-reactive ketones (excluding diaryl/α,β-unsaturated/α-hetero) is 1. The van der Waals surface area contributed by atoms with Crippen molar-refractivity contribution >= 4 is 23.5 Å². The summed E-state index contributed by atoms with van der Waals surface area (Å²) in [6.07, 6.45) is 0.0784. The van der Waals surface area contributed by atoms with Gasteiger partial charge in [-0.05, 0) is 42.7 Å². The summed E-state index contributed by atoms with van der Waals surface area (Å²) in [6.45, 7) is 2.18. The van der Waals surface area contributed by atoms with Crippen molar-refractivity contribution < 1.29 is 23.9 Å². The Bertz CT molecular complexity index is 806. The van der Waals surface area contributed by atoms with Crippen molar-refractivity contribution in [1.82, 2.24) is 5.32 Å². The van der Waals surface area contributed by atoms with Gasteiger partial charge in [0.2, 0.25) is 0 Å². The van der Waals surface area contributed by atoms with Crippen molar-refractivity contribution in [1.29, 1.82) is 0 Å². The van der Waals surface area contributed by atoms with Gasteiger partial charge in [-0.1, -0.05) is 37.3 Å². The van der Waals surface area contributed by atoms with E-state index in [1.807, 2.05) is 37.3 Å². The third-order valence-corrected chi connectivity index (χ3v) is 4.13. The van der Waals surface area contributed by atoms with Gasteiger partial charge in [0, 0.05) is 17.7 Å². The normalized spacial score (nSPS) is 11.3. The quantitative estimate of drug-likeness (QED) is 0.360. The minimum absolute atomic E-state index is 0.0643. The third kappa shape index (κ3) is 7.65. The monoisotopic (exact) mass is 398 g/mol. The van der Waals surface area contributed by atoms with Crippen molar-refractivity contribution in [2.45, 2.75) is 38.8 Å². The molecule has 0 heterocycles. The molecule has 7 nitrogen and oxygen atoms in total. The molecule has 2 aromatic rings. The number of hydrogen-bond donors (Lipinski definition) is 2. The Morgan fingerprint density at radius 2 is 1.69 bits per heavy atom. The van der Waals surface area contributed by atoms with Gasteiger partial charge in [0.25, 0.3) is 0 Å². The van der Waals surface area contributed by atoms with Crippen molar-refractivity contribution in [3.8, 4) is 0 Å². The van der Waals surface area contributed by atoms with Gasteiger partial charge in [-0.25, -0.2) is 9.59 Å². The van der Waals surface area contributed by atoms with Crippen LogP contribution in [-0.2, 0) is 20.9 Å². The Morgan fingerprint density at radius 3 is 2.34 bits per heavy atom. The number of benzene rings is 2. The fourth-order valence-corrected chi connectivity index (χ4v) is 2.55. The summed E-state index contributed by atoms with van der Waals surface area (Å²) in [5.41, 5.74) is 7.50. The minimum Gasteiger partial charge on any atom is -0.464 e. The molecule has 3 N–H and O–H groups in total. The fourth-order valence-electron chi connectivity index (χ4n) is 2.55. The van der Waals surface area contributed by atoms with Gasteiger partial charge in [0.1, 0.15) is 12.6 Å². The van der Waals surface area contributed by atoms with Crippen LogP contribution < -0.4 is 11.1 Å². The van der Waals surface area contributed by atoms with E-state index in [1.165, 1.54) is 0 Å². The van der Waals surface area contributed by atoms with Crippen LogP contribution in [0.25, 0.3) is 0 Å². The number of ketones is 1. The highest BCUT2D eigenvalue weighted by molar-refractivity contribution is 5.96. The van der Waals surface area contributed by atoms with E-state index < -0.39 is 18.1 Å². The van der Waals surface area contributed by atoms with Crippen molar-refractivity contribution in [2.24, 2.45) is 0 Å². The highest BCUT2D eigenvalue weighted by atomic mass is 16.6. The second kappa shape index (κ2) is 11.5. The number of anilines is 1. The number of rotatable bonds is 10. The van der Waals surface area contributed by atoms with E-state index in [-0.39, 0.29) is 31.8 Å². The number of esters is 1. The van der Waals surface area contributed by atoms with E-state index in [2.05, 4.69) is 5.32 Å². The maximum atomic E-state index is 12.4. The number of carbonyl (C=O) groups is 3. The number of hydrogen-bond acceptors (Lipinski definition) is 6. The predicted molar refractivity (Wildman–Crippen MR) is 109 cm³/mol. The Hall–Kier alpha value is -3.35. The summed E-state index contributed by atoms with van der Waals surface area (Å²) in [6, 6.07) is 14.8. The molecule has 7 heteroatoms. The molecule has 0 aliphatic rings. The molecule has 0 saturated carbocycles. The van der Waals surface area contributed by atoms with Crippen LogP contribution in [0.4, 0.5) is 10.5 Å². The zero-order chi connectivity index (χ0) is 21.1. The van der Waals surface area contributed by atoms with Gasteiger partial charge < -0.3 is 20.5 Å². The lowest BCUT2D eigenvalue weighted by Crippen LogP contribution is -2.42. The molecule has 0 aliphatic carbocycles. The number of carbonyl (C=O) groups excluding carboxylic acids is 3. The second-order valence-corrected chi connectivity index (χ2v) is 6.51. The van der Waals surface area contributed by atoms with E-state index in [0.29, 0.717) is 17.7 Å². The Balaban J connectivity index is 1.92.